The number of sulfonamides is 1. The number of hydrogen-bond donors (Lipinski definition) is 2. The van der Waals surface area contributed by atoms with Crippen molar-refractivity contribution in [3.05, 3.63) is 35.4 Å². The predicted octanol–water partition coefficient (Wildman–Crippen LogP) is 1.70. The van der Waals surface area contributed by atoms with E-state index in [2.05, 4.69) is 18.6 Å². The van der Waals surface area contributed by atoms with Crippen LogP contribution in [0, 0.1) is 0 Å². The van der Waals surface area contributed by atoms with Gasteiger partial charge in [-0.3, -0.25) is 4.79 Å². The van der Waals surface area contributed by atoms with Crippen LogP contribution in [0.2, 0.25) is 0 Å². The number of benzene rings is 1. The van der Waals surface area contributed by atoms with Gasteiger partial charge in [-0.05, 0) is 24.0 Å². The molecular weight excluding hydrogens is 266 g/mol. The Hall–Kier alpha value is -1.40. The quantitative estimate of drug-likeness (QED) is 0.833. The standard InChI is InChI=1S/C13H19NO4S/c1-9(2)12-6-4-11(5-7-12)8-14-19(17,18)10(3)13(15)16/h4-7,9-10,14H,8H2,1-3H3,(H,15,16). The van der Waals surface area contributed by atoms with Gasteiger partial charge in [0.2, 0.25) is 10.0 Å². The largest absolute Gasteiger partial charge is 0.480 e. The monoisotopic (exact) mass is 285 g/mol. The molecule has 19 heavy (non-hydrogen) atoms. The second kappa shape index (κ2) is 6.16. The van der Waals surface area contributed by atoms with Gasteiger partial charge in [0.25, 0.3) is 0 Å². The lowest BCUT2D eigenvalue weighted by Gasteiger charge is -2.11. The fourth-order valence-corrected chi connectivity index (χ4v) is 2.35. The first-order valence-corrected chi connectivity index (χ1v) is 7.59. The minimum Gasteiger partial charge on any atom is -0.480 e. The Morgan fingerprint density at radius 2 is 1.74 bits per heavy atom. The SMILES string of the molecule is CC(C)c1ccc(CNS(=O)(=O)C(C)C(=O)O)cc1. The van der Waals surface area contributed by atoms with Crippen molar-refractivity contribution in [1.82, 2.24) is 4.72 Å². The molecule has 0 saturated heterocycles. The van der Waals surface area contributed by atoms with E-state index in [-0.39, 0.29) is 6.54 Å². The molecule has 0 radical (unpaired) electrons. The Morgan fingerprint density at radius 1 is 1.21 bits per heavy atom. The van der Waals surface area contributed by atoms with Gasteiger partial charge in [0.1, 0.15) is 0 Å². The lowest BCUT2D eigenvalue weighted by Crippen LogP contribution is -2.37. The van der Waals surface area contributed by atoms with Gasteiger partial charge >= 0.3 is 5.97 Å². The number of aliphatic carboxylic acids is 1. The highest BCUT2D eigenvalue weighted by Crippen LogP contribution is 2.14. The Bertz CT molecular complexity index is 534. The average Bonchev–Trinajstić information content (AvgIpc) is 2.35. The molecule has 6 heteroatoms. The molecule has 0 amide bonds. The predicted molar refractivity (Wildman–Crippen MR) is 73.4 cm³/mol. The molecule has 106 valence electrons. The molecule has 0 bridgehead atoms. The first-order chi connectivity index (χ1) is 8.74. The Balaban J connectivity index is 2.69. The van der Waals surface area contributed by atoms with Gasteiger partial charge in [0.15, 0.2) is 5.25 Å². The average molecular weight is 285 g/mol. The summed E-state index contributed by atoms with van der Waals surface area (Å²) in [6.07, 6.45) is 0. The lowest BCUT2D eigenvalue weighted by atomic mass is 10.0. The van der Waals surface area contributed by atoms with Crippen molar-refractivity contribution >= 4 is 16.0 Å². The van der Waals surface area contributed by atoms with Crippen LogP contribution in [0.25, 0.3) is 0 Å². The summed E-state index contributed by atoms with van der Waals surface area (Å²) in [7, 11) is -3.83. The fourth-order valence-electron chi connectivity index (χ4n) is 1.46. The molecule has 5 nitrogen and oxygen atoms in total. The summed E-state index contributed by atoms with van der Waals surface area (Å²) in [6.45, 7) is 5.39. The van der Waals surface area contributed by atoms with E-state index in [9.17, 15) is 13.2 Å². The number of hydrogen-bond acceptors (Lipinski definition) is 3. The van der Waals surface area contributed by atoms with E-state index >= 15 is 0 Å². The molecule has 1 aromatic carbocycles. The summed E-state index contributed by atoms with van der Waals surface area (Å²) in [6, 6.07) is 7.55. The number of nitrogens with one attached hydrogen (secondary N) is 1. The van der Waals surface area contributed by atoms with Crippen molar-refractivity contribution in [2.24, 2.45) is 0 Å². The molecule has 1 aromatic rings. The molecule has 0 aliphatic heterocycles. The van der Waals surface area contributed by atoms with Gasteiger partial charge in [-0.15, -0.1) is 0 Å². The molecule has 1 unspecified atom stereocenters. The van der Waals surface area contributed by atoms with Crippen molar-refractivity contribution in [2.75, 3.05) is 0 Å². The minimum absolute atomic E-state index is 0.0956. The van der Waals surface area contributed by atoms with E-state index in [0.717, 1.165) is 12.5 Å². The van der Waals surface area contributed by atoms with Gasteiger partial charge in [-0.25, -0.2) is 13.1 Å². The zero-order valence-corrected chi connectivity index (χ0v) is 12.1. The van der Waals surface area contributed by atoms with Gasteiger partial charge in [0.05, 0.1) is 0 Å². The zero-order valence-electron chi connectivity index (χ0n) is 11.3. The summed E-state index contributed by atoms with van der Waals surface area (Å²) in [5, 5.41) is 7.24. The van der Waals surface area contributed by atoms with Crippen LogP contribution in [-0.4, -0.2) is 24.7 Å². The molecule has 0 fully saturated rings. The van der Waals surface area contributed by atoms with E-state index in [1.165, 1.54) is 5.56 Å². The van der Waals surface area contributed by atoms with Crippen LogP contribution in [0.1, 0.15) is 37.8 Å². The molecule has 2 N–H and O–H groups in total. The van der Waals surface area contributed by atoms with E-state index in [4.69, 9.17) is 5.11 Å². The van der Waals surface area contributed by atoms with Gasteiger partial charge in [-0.2, -0.15) is 0 Å². The van der Waals surface area contributed by atoms with E-state index in [0.29, 0.717) is 5.92 Å². The third-order valence-electron chi connectivity index (χ3n) is 2.94. The maximum absolute atomic E-state index is 11.6. The van der Waals surface area contributed by atoms with Crippen LogP contribution in [0.5, 0.6) is 0 Å². The Morgan fingerprint density at radius 3 is 2.16 bits per heavy atom. The van der Waals surface area contributed by atoms with Crippen LogP contribution in [0.3, 0.4) is 0 Å². The Kier molecular flexibility index (Phi) is 5.08. The van der Waals surface area contributed by atoms with Crippen LogP contribution in [0.4, 0.5) is 0 Å². The maximum Gasteiger partial charge on any atom is 0.323 e. The molecule has 0 spiro atoms. The summed E-state index contributed by atoms with van der Waals surface area (Å²) in [4.78, 5) is 10.7. The van der Waals surface area contributed by atoms with E-state index in [1.807, 2.05) is 24.3 Å². The van der Waals surface area contributed by atoms with Crippen LogP contribution in [0.15, 0.2) is 24.3 Å². The normalized spacial score (nSPS) is 13.5. The van der Waals surface area contributed by atoms with Crippen LogP contribution in [-0.2, 0) is 21.4 Å². The highest BCUT2D eigenvalue weighted by atomic mass is 32.2. The number of carbonyl (C=O) groups is 1. The third kappa shape index (κ3) is 4.33. The zero-order chi connectivity index (χ0) is 14.6. The summed E-state index contributed by atoms with van der Waals surface area (Å²) in [5.41, 5.74) is 1.97. The second-order valence-corrected chi connectivity index (χ2v) is 6.83. The molecule has 0 aliphatic rings. The molecule has 0 aromatic heterocycles. The molecular formula is C13H19NO4S. The minimum atomic E-state index is -3.83. The lowest BCUT2D eigenvalue weighted by molar-refractivity contribution is -0.136. The van der Waals surface area contributed by atoms with E-state index < -0.39 is 21.2 Å². The summed E-state index contributed by atoms with van der Waals surface area (Å²) < 4.78 is 25.6. The van der Waals surface area contributed by atoms with Crippen molar-refractivity contribution in [1.29, 1.82) is 0 Å². The summed E-state index contributed by atoms with van der Waals surface area (Å²) >= 11 is 0. The molecule has 0 aliphatic carbocycles. The number of carboxylic acids is 1. The van der Waals surface area contributed by atoms with Gasteiger partial charge < -0.3 is 5.11 Å². The first kappa shape index (κ1) is 15.7. The maximum atomic E-state index is 11.6. The number of carboxylic acid groups (broad SMARTS) is 1. The van der Waals surface area contributed by atoms with Gasteiger partial charge in [-0.1, -0.05) is 38.1 Å². The van der Waals surface area contributed by atoms with Crippen molar-refractivity contribution in [3.63, 3.8) is 0 Å². The van der Waals surface area contributed by atoms with Crippen LogP contribution < -0.4 is 4.72 Å². The fraction of sp³-hybridized carbons (Fsp3) is 0.462. The van der Waals surface area contributed by atoms with Crippen molar-refractivity contribution < 1.29 is 18.3 Å². The highest BCUT2D eigenvalue weighted by Gasteiger charge is 2.26. The summed E-state index contributed by atoms with van der Waals surface area (Å²) in [5.74, 6) is -0.944. The molecule has 1 atom stereocenters. The first-order valence-electron chi connectivity index (χ1n) is 6.04. The topological polar surface area (TPSA) is 83.5 Å². The highest BCUT2D eigenvalue weighted by molar-refractivity contribution is 7.90. The van der Waals surface area contributed by atoms with Gasteiger partial charge in [0, 0.05) is 6.54 Å². The molecule has 0 saturated carbocycles. The van der Waals surface area contributed by atoms with E-state index in [1.54, 1.807) is 0 Å². The number of rotatable bonds is 6. The molecule has 0 heterocycles. The van der Waals surface area contributed by atoms with Crippen LogP contribution >= 0.6 is 0 Å². The second-order valence-electron chi connectivity index (χ2n) is 4.74. The van der Waals surface area contributed by atoms with Crippen molar-refractivity contribution in [3.8, 4) is 0 Å². The molecule has 1 rings (SSSR count). The smallest absolute Gasteiger partial charge is 0.323 e. The third-order valence-corrected chi connectivity index (χ3v) is 4.62. The van der Waals surface area contributed by atoms with Crippen molar-refractivity contribution in [2.45, 2.75) is 38.5 Å². The Labute approximate surface area is 113 Å².